The number of fused-ring (bicyclic) bond motifs is 1. The van der Waals surface area contributed by atoms with E-state index in [-0.39, 0.29) is 37.4 Å². The van der Waals surface area contributed by atoms with Crippen molar-refractivity contribution in [2.45, 2.75) is 49.4 Å². The van der Waals surface area contributed by atoms with Crippen molar-refractivity contribution >= 4 is 51.1 Å². The number of hydroxylamine groups is 1. The van der Waals surface area contributed by atoms with Gasteiger partial charge in [0.1, 0.15) is 11.4 Å². The number of phosphoric acid groups is 1. The number of hydrogen-bond donors (Lipinski definition) is 3. The number of aryl methyl sites for hydroxylation is 2. The molecular weight excluding hydrogens is 910 g/mol. The van der Waals surface area contributed by atoms with Crippen molar-refractivity contribution < 1.29 is 46.5 Å². The van der Waals surface area contributed by atoms with E-state index in [1.54, 1.807) is 6.07 Å². The van der Waals surface area contributed by atoms with Gasteiger partial charge in [0.2, 0.25) is 0 Å². The Morgan fingerprint density at radius 3 is 2.09 bits per heavy atom. The minimum atomic E-state index is -4.84. The van der Waals surface area contributed by atoms with Crippen LogP contribution < -0.4 is 10.0 Å². The predicted octanol–water partition coefficient (Wildman–Crippen LogP) is 7.40. The number of hydrogen-bond acceptors (Lipinski definition) is 11. The fourth-order valence-electron chi connectivity index (χ4n) is 7.77. The first-order valence-electron chi connectivity index (χ1n) is 21.6. The van der Waals surface area contributed by atoms with Gasteiger partial charge < -0.3 is 19.0 Å². The molecule has 0 bridgehead atoms. The molecule has 0 saturated carbocycles. The molecule has 2 heterocycles. The first-order chi connectivity index (χ1) is 32.1. The van der Waals surface area contributed by atoms with E-state index in [4.69, 9.17) is 19.4 Å². The number of carbonyl (C=O) groups is 2. The highest BCUT2D eigenvalue weighted by atomic mass is 32.2. The summed E-state index contributed by atoms with van der Waals surface area (Å²) in [5.74, 6) is 10.6. The molecule has 1 aliphatic rings. The van der Waals surface area contributed by atoms with Crippen LogP contribution >= 0.6 is 19.2 Å². The van der Waals surface area contributed by atoms with E-state index in [0.717, 1.165) is 59.3 Å². The number of sulfone groups is 1. The van der Waals surface area contributed by atoms with E-state index in [2.05, 4.69) is 111 Å². The zero-order valence-corrected chi connectivity index (χ0v) is 39.5. The normalized spacial score (nSPS) is 14.1. The molecule has 7 rings (SSSR count). The Morgan fingerprint density at radius 2 is 1.48 bits per heavy atom. The topological polar surface area (TPSA) is 182 Å². The molecule has 1 aromatic heterocycles. The van der Waals surface area contributed by atoms with Crippen LogP contribution in [0.3, 0.4) is 0 Å². The predicted molar refractivity (Wildman–Crippen MR) is 257 cm³/mol. The van der Waals surface area contributed by atoms with Crippen molar-refractivity contribution in [2.75, 3.05) is 32.5 Å². The number of benzene rings is 5. The average molecular weight is 960 g/mol. The van der Waals surface area contributed by atoms with Gasteiger partial charge in [-0.2, -0.15) is 5.48 Å². The third kappa shape index (κ3) is 12.5. The van der Waals surface area contributed by atoms with Crippen LogP contribution in [0.5, 0.6) is 5.75 Å². The molecule has 0 spiro atoms. The molecule has 346 valence electrons. The summed E-state index contributed by atoms with van der Waals surface area (Å²) in [7, 11) is -8.85. The van der Waals surface area contributed by atoms with Crippen LogP contribution in [0.2, 0.25) is 0 Å². The second-order valence-corrected chi connectivity index (χ2v) is 21.1. The van der Waals surface area contributed by atoms with Crippen molar-refractivity contribution in [1.29, 1.82) is 0 Å². The first-order valence-corrected chi connectivity index (χ1v) is 25.8. The second kappa shape index (κ2) is 21.7. The number of ether oxygens (including phenoxy) is 1. The largest absolute Gasteiger partial charge is 0.524 e. The van der Waals surface area contributed by atoms with Crippen LogP contribution in [0.25, 0.3) is 10.2 Å². The smallest absolute Gasteiger partial charge is 0.404 e. The van der Waals surface area contributed by atoms with Gasteiger partial charge in [0.15, 0.2) is 14.6 Å². The Morgan fingerprint density at radius 1 is 0.866 bits per heavy atom. The van der Waals surface area contributed by atoms with E-state index >= 15 is 0 Å². The molecule has 67 heavy (non-hydrogen) atoms. The molecule has 1 unspecified atom stereocenters. The number of thiazole rings is 1. The minimum Gasteiger partial charge on any atom is -0.404 e. The van der Waals surface area contributed by atoms with Gasteiger partial charge in [-0.15, -0.1) is 11.3 Å². The van der Waals surface area contributed by atoms with Gasteiger partial charge in [0, 0.05) is 50.4 Å². The van der Waals surface area contributed by atoms with Gasteiger partial charge in [-0.1, -0.05) is 121 Å². The number of carbonyl (C=O) groups excluding carboxylic acids is 2. The van der Waals surface area contributed by atoms with E-state index < -0.39 is 39.9 Å². The lowest BCUT2D eigenvalue weighted by molar-refractivity contribution is -0.159. The number of likely N-dealkylation sites (tertiary alicyclic amines) is 1. The number of nitrogens with one attached hydrogen (secondary N) is 1. The monoisotopic (exact) mass is 959 g/mol. The van der Waals surface area contributed by atoms with Crippen molar-refractivity contribution in [2.24, 2.45) is 5.92 Å². The quantitative estimate of drug-likeness (QED) is 0.0256. The molecule has 5 aromatic carbocycles. The highest BCUT2D eigenvalue weighted by Crippen LogP contribution is 2.41. The van der Waals surface area contributed by atoms with Gasteiger partial charge in [-0.05, 0) is 84.5 Å². The number of nitrogens with zero attached hydrogens (tertiary/aromatic N) is 2. The number of phosphoric ester groups is 1. The molecule has 1 fully saturated rings. The summed E-state index contributed by atoms with van der Waals surface area (Å²) in [5, 5.41) is 0.611. The lowest BCUT2D eigenvalue weighted by Crippen LogP contribution is -2.50. The lowest BCUT2D eigenvalue weighted by Gasteiger charge is -2.38. The molecule has 1 aliphatic heterocycles. The molecule has 16 heteroatoms. The van der Waals surface area contributed by atoms with E-state index in [0.29, 0.717) is 22.7 Å². The maximum absolute atomic E-state index is 13.2. The first kappa shape index (κ1) is 48.8. The van der Waals surface area contributed by atoms with Crippen LogP contribution in [0, 0.1) is 29.6 Å². The Hall–Kier alpha value is -6.13. The zero-order valence-electron chi connectivity index (χ0n) is 37.0. The third-order valence-electron chi connectivity index (χ3n) is 11.6. The Balaban J connectivity index is 0.880. The van der Waals surface area contributed by atoms with Crippen molar-refractivity contribution in [3.63, 3.8) is 0 Å². The molecule has 6 aromatic rings. The summed E-state index contributed by atoms with van der Waals surface area (Å²) in [6.45, 7) is 4.46. The Kier molecular flexibility index (Phi) is 15.8. The van der Waals surface area contributed by atoms with Crippen LogP contribution in [0.1, 0.15) is 59.0 Å². The zero-order chi connectivity index (χ0) is 47.5. The summed E-state index contributed by atoms with van der Waals surface area (Å²) >= 11 is 1.37. The fourth-order valence-corrected chi connectivity index (χ4v) is 10.00. The van der Waals surface area contributed by atoms with Crippen LogP contribution in [-0.4, -0.2) is 77.2 Å². The van der Waals surface area contributed by atoms with Gasteiger partial charge in [0.25, 0.3) is 5.91 Å². The summed E-state index contributed by atoms with van der Waals surface area (Å²) in [6.07, 6.45) is 1.46. The maximum Gasteiger partial charge on any atom is 0.524 e. The molecule has 13 nitrogen and oxygen atoms in total. The van der Waals surface area contributed by atoms with Gasteiger partial charge in [-0.3, -0.25) is 14.6 Å². The number of para-hydroxylation sites is 1. The number of rotatable bonds is 18. The molecule has 1 atom stereocenters. The molecule has 0 aliphatic carbocycles. The lowest BCUT2D eigenvalue weighted by atomic mass is 9.80. The number of aromatic nitrogens is 1. The Bertz CT molecular complexity index is 2880. The maximum atomic E-state index is 13.2. The van der Waals surface area contributed by atoms with Crippen LogP contribution in [0.15, 0.2) is 133 Å². The standard InChI is InChI=1S/C51H50N3O10PS2/c1-50(67(2,60)61,49(56)53-63-48(55)30-28-40-19-14-15-26-45(40)64-65(57,58)59)32-31-47-52-44-35-38(27-29-46(44)66-47)17-12-13-18-39-36-54(37-39)33-16-34-62-51(41-20-6-3-7-21-41,42-22-8-4-9-23-42)43-24-10-5-11-25-43/h3-11,14-15,19-27,29,35,39H,16,28,30-34,36-37H2,1-2H3,(H,53,56)(H2,57,58,59). The molecular formula is C51H50N3O10PS2. The van der Waals surface area contributed by atoms with E-state index in [1.165, 1.54) is 36.5 Å². The second-order valence-electron chi connectivity index (χ2n) is 16.3. The molecule has 0 radical (unpaired) electrons. The number of amides is 1. The van der Waals surface area contributed by atoms with E-state index in [1.807, 2.05) is 41.9 Å². The average Bonchev–Trinajstić information content (AvgIpc) is 3.72. The summed E-state index contributed by atoms with van der Waals surface area (Å²) in [4.78, 5) is 56.0. The van der Waals surface area contributed by atoms with Gasteiger partial charge in [-0.25, -0.2) is 22.8 Å². The third-order valence-corrected chi connectivity index (χ3v) is 15.1. The Labute approximate surface area is 394 Å². The summed E-state index contributed by atoms with van der Waals surface area (Å²) in [6, 6.07) is 42.7. The summed E-state index contributed by atoms with van der Waals surface area (Å²) < 4.78 is 47.6. The molecule has 1 amide bonds. The molecule has 1 saturated heterocycles. The van der Waals surface area contributed by atoms with Crippen molar-refractivity contribution in [1.82, 2.24) is 15.4 Å². The minimum absolute atomic E-state index is 0.0346. The van der Waals surface area contributed by atoms with Crippen LogP contribution in [0.4, 0.5) is 0 Å². The van der Waals surface area contributed by atoms with Crippen molar-refractivity contribution in [3.8, 4) is 29.4 Å². The van der Waals surface area contributed by atoms with Crippen molar-refractivity contribution in [3.05, 3.63) is 166 Å². The summed E-state index contributed by atoms with van der Waals surface area (Å²) in [5.41, 5.74) is 6.22. The molecule has 3 N–H and O–H groups in total. The fraction of sp³-hybridized carbons (Fsp3) is 0.275. The van der Waals surface area contributed by atoms with Gasteiger partial charge in [0.05, 0.1) is 21.6 Å². The van der Waals surface area contributed by atoms with Crippen LogP contribution in [-0.2, 0) is 52.0 Å². The highest BCUT2D eigenvalue weighted by Gasteiger charge is 2.44. The van der Waals surface area contributed by atoms with E-state index in [9.17, 15) is 22.6 Å². The highest BCUT2D eigenvalue weighted by molar-refractivity contribution is 7.92. The SMILES string of the molecule is CC(CCc1nc2cc(C#CC#CC3CN(CCCOC(c4ccccc4)(c4ccccc4)c4ccccc4)C3)ccc2s1)(C(=O)NOC(=O)CCc1ccccc1OP(=O)(O)O)S(C)(=O)=O. The van der Waals surface area contributed by atoms with Gasteiger partial charge >= 0.3 is 13.8 Å².